The molecule has 0 amide bonds. The highest BCUT2D eigenvalue weighted by Crippen LogP contribution is 2.17. The summed E-state index contributed by atoms with van der Waals surface area (Å²) in [5.41, 5.74) is 2.09. The number of rotatable bonds is 1. The summed E-state index contributed by atoms with van der Waals surface area (Å²) in [6, 6.07) is 0. The Balaban J connectivity index is 2.71. The van der Waals surface area contributed by atoms with Gasteiger partial charge in [-0.3, -0.25) is 0 Å². The van der Waals surface area contributed by atoms with E-state index in [2.05, 4.69) is 28.9 Å². The summed E-state index contributed by atoms with van der Waals surface area (Å²) in [7, 11) is 0. The Bertz CT molecular complexity index is 430. The summed E-state index contributed by atoms with van der Waals surface area (Å²) in [4.78, 5) is 8.42. The molecule has 0 aromatic carbocycles. The molecule has 0 saturated carbocycles. The molecule has 2 aromatic heterocycles. The third-order valence-corrected chi connectivity index (χ3v) is 2.04. The topological polar surface area (TPSA) is 43.1 Å². The van der Waals surface area contributed by atoms with Gasteiger partial charge in [-0.05, 0) is 12.8 Å². The molecule has 68 valence electrons. The van der Waals surface area contributed by atoms with Gasteiger partial charge >= 0.3 is 0 Å². The highest BCUT2D eigenvalue weighted by molar-refractivity contribution is 5.47. The number of hydrogen-bond donors (Lipinski definition) is 0. The maximum absolute atomic E-state index is 4.35. The first-order chi connectivity index (χ1) is 6.18. The van der Waals surface area contributed by atoms with Crippen LogP contribution in [0.15, 0.2) is 12.5 Å². The van der Waals surface area contributed by atoms with Crippen LogP contribution in [0.5, 0.6) is 0 Å². The molecule has 0 saturated heterocycles. The molecule has 4 nitrogen and oxygen atoms in total. The predicted octanol–water partition coefficient (Wildman–Crippen LogP) is 1.56. The van der Waals surface area contributed by atoms with Crippen molar-refractivity contribution in [3.63, 3.8) is 0 Å². The second-order valence-electron chi connectivity index (χ2n) is 3.43. The van der Waals surface area contributed by atoms with Crippen molar-refractivity contribution in [2.75, 3.05) is 0 Å². The SMILES string of the molecule is Cc1ncn2ncc(C(C)C)c2n1. The standard InChI is InChI=1S/C9H12N4/c1-6(2)8-4-11-13-5-10-7(3)12-9(8)13/h4-6H,1-3H3. The molecule has 0 radical (unpaired) electrons. The van der Waals surface area contributed by atoms with Gasteiger partial charge in [0.05, 0.1) is 6.20 Å². The van der Waals surface area contributed by atoms with Crippen molar-refractivity contribution in [3.8, 4) is 0 Å². The molecule has 4 heteroatoms. The molecule has 0 atom stereocenters. The third-order valence-electron chi connectivity index (χ3n) is 2.04. The van der Waals surface area contributed by atoms with E-state index in [1.54, 1.807) is 10.8 Å². The number of aryl methyl sites for hydroxylation is 1. The lowest BCUT2D eigenvalue weighted by Gasteiger charge is -2.00. The molecule has 2 heterocycles. The lowest BCUT2D eigenvalue weighted by Crippen LogP contribution is -1.97. The smallest absolute Gasteiger partial charge is 0.162 e. The average Bonchev–Trinajstić information content (AvgIpc) is 2.46. The van der Waals surface area contributed by atoms with Gasteiger partial charge in [-0.25, -0.2) is 14.5 Å². The average molecular weight is 176 g/mol. The maximum Gasteiger partial charge on any atom is 0.162 e. The molecule has 13 heavy (non-hydrogen) atoms. The summed E-state index contributed by atoms with van der Waals surface area (Å²) in [5, 5.41) is 4.17. The molecule has 2 rings (SSSR count). The number of hydrogen-bond acceptors (Lipinski definition) is 3. The fraction of sp³-hybridized carbons (Fsp3) is 0.444. The fourth-order valence-electron chi connectivity index (χ4n) is 1.30. The van der Waals surface area contributed by atoms with Crippen molar-refractivity contribution in [3.05, 3.63) is 23.9 Å². The molecule has 0 bridgehead atoms. The molecule has 0 aliphatic rings. The monoisotopic (exact) mass is 176 g/mol. The van der Waals surface area contributed by atoms with Gasteiger partial charge in [0.25, 0.3) is 0 Å². The van der Waals surface area contributed by atoms with Crippen LogP contribution in [0.4, 0.5) is 0 Å². The predicted molar refractivity (Wildman–Crippen MR) is 49.6 cm³/mol. The van der Waals surface area contributed by atoms with Crippen LogP contribution in [0.25, 0.3) is 5.65 Å². The van der Waals surface area contributed by atoms with Gasteiger partial charge in [-0.1, -0.05) is 13.8 Å². The van der Waals surface area contributed by atoms with Crippen LogP contribution in [0.2, 0.25) is 0 Å². The van der Waals surface area contributed by atoms with E-state index in [4.69, 9.17) is 0 Å². The molecular formula is C9H12N4. The van der Waals surface area contributed by atoms with Gasteiger partial charge in [0, 0.05) is 5.56 Å². The zero-order valence-corrected chi connectivity index (χ0v) is 8.02. The van der Waals surface area contributed by atoms with Gasteiger partial charge in [-0.15, -0.1) is 0 Å². The first-order valence-corrected chi connectivity index (χ1v) is 4.35. The van der Waals surface area contributed by atoms with Crippen LogP contribution in [0.1, 0.15) is 31.2 Å². The Morgan fingerprint density at radius 3 is 2.85 bits per heavy atom. The second kappa shape index (κ2) is 2.80. The van der Waals surface area contributed by atoms with Crippen LogP contribution in [-0.2, 0) is 0 Å². The van der Waals surface area contributed by atoms with Gasteiger partial charge in [-0.2, -0.15) is 5.10 Å². The molecule has 0 aliphatic carbocycles. The van der Waals surface area contributed by atoms with E-state index in [0.717, 1.165) is 11.5 Å². The molecule has 0 N–H and O–H groups in total. The minimum atomic E-state index is 0.451. The summed E-state index contributed by atoms with van der Waals surface area (Å²) in [6.07, 6.45) is 3.55. The second-order valence-corrected chi connectivity index (χ2v) is 3.43. The third kappa shape index (κ3) is 1.28. The lowest BCUT2D eigenvalue weighted by atomic mass is 10.1. The van der Waals surface area contributed by atoms with Crippen LogP contribution < -0.4 is 0 Å². The van der Waals surface area contributed by atoms with E-state index < -0.39 is 0 Å². The van der Waals surface area contributed by atoms with Crippen LogP contribution in [0.3, 0.4) is 0 Å². The molecule has 0 spiro atoms. The first kappa shape index (κ1) is 8.16. The van der Waals surface area contributed by atoms with Gasteiger partial charge < -0.3 is 0 Å². The summed E-state index contributed by atoms with van der Waals surface area (Å²) in [5.74, 6) is 1.24. The summed E-state index contributed by atoms with van der Waals surface area (Å²) < 4.78 is 1.71. The van der Waals surface area contributed by atoms with E-state index >= 15 is 0 Å². The van der Waals surface area contributed by atoms with Crippen LogP contribution >= 0.6 is 0 Å². The normalized spacial score (nSPS) is 11.4. The molecule has 0 unspecified atom stereocenters. The minimum absolute atomic E-state index is 0.451. The fourth-order valence-corrected chi connectivity index (χ4v) is 1.30. The van der Waals surface area contributed by atoms with Crippen molar-refractivity contribution < 1.29 is 0 Å². The van der Waals surface area contributed by atoms with Crippen LogP contribution in [0, 0.1) is 6.92 Å². The number of nitrogens with zero attached hydrogens (tertiary/aromatic N) is 4. The number of aromatic nitrogens is 4. The van der Waals surface area contributed by atoms with Crippen molar-refractivity contribution in [1.29, 1.82) is 0 Å². The van der Waals surface area contributed by atoms with Crippen molar-refractivity contribution in [2.45, 2.75) is 26.7 Å². The highest BCUT2D eigenvalue weighted by atomic mass is 15.3. The Labute approximate surface area is 76.6 Å². The zero-order chi connectivity index (χ0) is 9.42. The molecular weight excluding hydrogens is 164 g/mol. The van der Waals surface area contributed by atoms with Crippen molar-refractivity contribution >= 4 is 5.65 Å². The van der Waals surface area contributed by atoms with E-state index in [0.29, 0.717) is 5.92 Å². The van der Waals surface area contributed by atoms with Crippen LogP contribution in [-0.4, -0.2) is 19.6 Å². The Hall–Kier alpha value is -1.45. The van der Waals surface area contributed by atoms with E-state index in [1.807, 2.05) is 13.1 Å². The molecule has 2 aromatic rings. The molecule has 0 fully saturated rings. The minimum Gasteiger partial charge on any atom is -0.222 e. The Kier molecular flexibility index (Phi) is 1.76. The van der Waals surface area contributed by atoms with Gasteiger partial charge in [0.1, 0.15) is 12.2 Å². The number of fused-ring (bicyclic) bond motifs is 1. The van der Waals surface area contributed by atoms with Crippen molar-refractivity contribution in [2.24, 2.45) is 0 Å². The first-order valence-electron chi connectivity index (χ1n) is 4.35. The lowest BCUT2D eigenvalue weighted by molar-refractivity contribution is 0.855. The maximum atomic E-state index is 4.35. The van der Waals surface area contributed by atoms with E-state index in [9.17, 15) is 0 Å². The highest BCUT2D eigenvalue weighted by Gasteiger charge is 2.08. The van der Waals surface area contributed by atoms with Gasteiger partial charge in [0.2, 0.25) is 0 Å². The quantitative estimate of drug-likeness (QED) is 0.662. The Morgan fingerprint density at radius 2 is 2.15 bits per heavy atom. The van der Waals surface area contributed by atoms with Crippen molar-refractivity contribution in [1.82, 2.24) is 19.6 Å². The summed E-state index contributed by atoms with van der Waals surface area (Å²) >= 11 is 0. The molecule has 0 aliphatic heterocycles. The van der Waals surface area contributed by atoms with Gasteiger partial charge in [0.15, 0.2) is 5.65 Å². The van der Waals surface area contributed by atoms with E-state index in [1.165, 1.54) is 5.56 Å². The largest absolute Gasteiger partial charge is 0.222 e. The Morgan fingerprint density at radius 1 is 1.38 bits per heavy atom. The summed E-state index contributed by atoms with van der Waals surface area (Å²) in [6.45, 7) is 6.15. The van der Waals surface area contributed by atoms with E-state index in [-0.39, 0.29) is 0 Å². The zero-order valence-electron chi connectivity index (χ0n) is 8.02.